The molecule has 0 aliphatic heterocycles. The lowest BCUT2D eigenvalue weighted by Crippen LogP contribution is -2.40. The molecule has 2 aromatic carbocycles. The number of fused-ring (bicyclic) bond motifs is 1. The topological polar surface area (TPSA) is 92.4 Å². The molecule has 39 heavy (non-hydrogen) atoms. The summed E-state index contributed by atoms with van der Waals surface area (Å²) in [5.74, 6) is -1.28. The Hall–Kier alpha value is -4.14. The Balaban J connectivity index is 1.97. The summed E-state index contributed by atoms with van der Waals surface area (Å²) in [6.07, 6.45) is -11.1. The van der Waals surface area contributed by atoms with Crippen molar-refractivity contribution in [3.05, 3.63) is 74.1 Å². The van der Waals surface area contributed by atoms with Crippen molar-refractivity contribution in [3.8, 4) is 22.7 Å². The monoisotopic (exact) mass is 573 g/mol. The first-order valence-electron chi connectivity index (χ1n) is 10.9. The SMILES string of the molecule is CC(=O)OOc1ccc(C)c(-c2nsc3ccc(-n4c(=O)cc(C(F)(F)F)n(C)c4=O)cc23)c1CC(F)(F)F. The van der Waals surface area contributed by atoms with Gasteiger partial charge in [-0.3, -0.25) is 19.1 Å². The van der Waals surface area contributed by atoms with Crippen molar-refractivity contribution in [2.75, 3.05) is 0 Å². The second-order valence-corrected chi connectivity index (χ2v) is 9.24. The quantitative estimate of drug-likeness (QED) is 0.187. The van der Waals surface area contributed by atoms with Gasteiger partial charge in [0.25, 0.3) is 5.56 Å². The fraction of sp³-hybridized carbons (Fsp3) is 0.250. The molecule has 0 aliphatic carbocycles. The molecule has 15 heteroatoms. The number of halogens is 6. The number of aromatic nitrogens is 3. The molecule has 2 aromatic heterocycles. The van der Waals surface area contributed by atoms with E-state index in [0.717, 1.165) is 25.5 Å². The van der Waals surface area contributed by atoms with Crippen LogP contribution < -0.4 is 16.1 Å². The van der Waals surface area contributed by atoms with E-state index in [2.05, 4.69) is 9.26 Å². The minimum atomic E-state index is -4.95. The number of alkyl halides is 6. The number of hydrogen-bond donors (Lipinski definition) is 0. The van der Waals surface area contributed by atoms with E-state index in [1.165, 1.54) is 37.3 Å². The summed E-state index contributed by atoms with van der Waals surface area (Å²) in [5, 5.41) is 0.225. The van der Waals surface area contributed by atoms with E-state index >= 15 is 0 Å². The van der Waals surface area contributed by atoms with Gasteiger partial charge in [-0.15, -0.1) is 0 Å². The molecule has 206 valence electrons. The Labute approximate surface area is 218 Å². The van der Waals surface area contributed by atoms with Crippen LogP contribution in [0.2, 0.25) is 0 Å². The van der Waals surface area contributed by atoms with Gasteiger partial charge < -0.3 is 0 Å². The van der Waals surface area contributed by atoms with Gasteiger partial charge in [-0.25, -0.2) is 14.2 Å². The Morgan fingerprint density at radius 1 is 1.05 bits per heavy atom. The largest absolute Gasteiger partial charge is 0.431 e. The van der Waals surface area contributed by atoms with Gasteiger partial charge in [0, 0.05) is 36.6 Å². The minimum Gasteiger partial charge on any atom is -0.292 e. The summed E-state index contributed by atoms with van der Waals surface area (Å²) in [6, 6.07) is 6.94. The zero-order chi connectivity index (χ0) is 28.9. The van der Waals surface area contributed by atoms with Gasteiger partial charge >= 0.3 is 24.0 Å². The van der Waals surface area contributed by atoms with Crippen molar-refractivity contribution in [2.24, 2.45) is 7.05 Å². The van der Waals surface area contributed by atoms with Crippen LogP contribution in [0.3, 0.4) is 0 Å². The van der Waals surface area contributed by atoms with E-state index in [-0.39, 0.29) is 44.3 Å². The van der Waals surface area contributed by atoms with Gasteiger partial charge in [0.1, 0.15) is 5.69 Å². The third-order valence-corrected chi connectivity index (χ3v) is 6.49. The van der Waals surface area contributed by atoms with Gasteiger partial charge in [-0.05, 0) is 48.3 Å². The van der Waals surface area contributed by atoms with E-state index in [4.69, 9.17) is 4.89 Å². The molecule has 0 saturated heterocycles. The number of carbonyl (C=O) groups is 1. The first-order valence-corrected chi connectivity index (χ1v) is 11.7. The van der Waals surface area contributed by atoms with Crippen LogP contribution in [0, 0.1) is 6.92 Å². The van der Waals surface area contributed by atoms with E-state index in [0.29, 0.717) is 14.8 Å². The van der Waals surface area contributed by atoms with Crippen molar-refractivity contribution in [1.29, 1.82) is 0 Å². The standard InChI is InChI=1S/C24H17F6N3O5S/c1-11-4-6-16(38-37-12(2)34)15(10-23(25,26)27)20(11)21-14-8-13(5-7-17(14)39-31-21)33-19(35)9-18(24(28,29)30)32(3)22(33)36/h4-9H,10H2,1-3H3. The third-order valence-electron chi connectivity index (χ3n) is 5.66. The fourth-order valence-electron chi connectivity index (χ4n) is 4.01. The number of hydrogen-bond acceptors (Lipinski definition) is 7. The Bertz CT molecular complexity index is 1720. The summed E-state index contributed by atoms with van der Waals surface area (Å²) < 4.78 is 86.0. The molecular weight excluding hydrogens is 556 g/mol. The number of benzene rings is 2. The first-order chi connectivity index (χ1) is 18.1. The summed E-state index contributed by atoms with van der Waals surface area (Å²) in [5.41, 5.74) is -4.07. The molecule has 0 bridgehead atoms. The fourth-order valence-corrected chi connectivity index (χ4v) is 4.78. The Morgan fingerprint density at radius 2 is 1.74 bits per heavy atom. The van der Waals surface area contributed by atoms with Gasteiger partial charge in [0.05, 0.1) is 22.5 Å². The van der Waals surface area contributed by atoms with Crippen molar-refractivity contribution >= 4 is 27.6 Å². The highest BCUT2D eigenvalue weighted by molar-refractivity contribution is 7.13. The molecule has 0 unspecified atom stereocenters. The molecule has 4 rings (SSSR count). The predicted molar refractivity (Wildman–Crippen MR) is 128 cm³/mol. The molecule has 0 radical (unpaired) electrons. The molecule has 0 fully saturated rings. The molecule has 4 aromatic rings. The lowest BCUT2D eigenvalue weighted by Gasteiger charge is -2.17. The zero-order valence-electron chi connectivity index (χ0n) is 20.2. The third kappa shape index (κ3) is 5.53. The molecule has 0 aliphatic rings. The molecule has 0 amide bonds. The lowest BCUT2D eigenvalue weighted by molar-refractivity contribution is -0.211. The first kappa shape index (κ1) is 27.9. The molecule has 8 nitrogen and oxygen atoms in total. The van der Waals surface area contributed by atoms with E-state index < -0.39 is 41.7 Å². The van der Waals surface area contributed by atoms with Crippen LogP contribution in [0.1, 0.15) is 23.7 Å². The average molecular weight is 573 g/mol. The molecule has 0 atom stereocenters. The maximum Gasteiger partial charge on any atom is 0.431 e. The smallest absolute Gasteiger partial charge is 0.292 e. The second-order valence-electron chi connectivity index (χ2n) is 8.44. The Morgan fingerprint density at radius 3 is 2.36 bits per heavy atom. The number of aryl methyl sites for hydroxylation is 1. The van der Waals surface area contributed by atoms with Crippen LogP contribution >= 0.6 is 11.5 Å². The van der Waals surface area contributed by atoms with Gasteiger partial charge in [-0.1, -0.05) is 6.07 Å². The molecule has 2 heterocycles. The normalized spacial score (nSPS) is 12.1. The Kier molecular flexibility index (Phi) is 7.06. The number of rotatable bonds is 5. The highest BCUT2D eigenvalue weighted by atomic mass is 32.1. The number of nitrogens with zero attached hydrogens (tertiary/aromatic N) is 3. The summed E-state index contributed by atoms with van der Waals surface area (Å²) in [6.45, 7) is 2.53. The lowest BCUT2D eigenvalue weighted by atomic mass is 9.94. The molecule has 0 N–H and O–H groups in total. The molecule has 0 spiro atoms. The van der Waals surface area contributed by atoms with Crippen molar-refractivity contribution in [1.82, 2.24) is 13.5 Å². The maximum absolute atomic E-state index is 13.6. The highest BCUT2D eigenvalue weighted by Crippen LogP contribution is 2.41. The molecule has 0 saturated carbocycles. The van der Waals surface area contributed by atoms with Gasteiger partial charge in [-0.2, -0.15) is 30.7 Å². The van der Waals surface area contributed by atoms with Crippen LogP contribution in [-0.4, -0.2) is 25.7 Å². The summed E-state index contributed by atoms with van der Waals surface area (Å²) in [4.78, 5) is 45.9. The van der Waals surface area contributed by atoms with Crippen molar-refractivity contribution in [3.63, 3.8) is 0 Å². The minimum absolute atomic E-state index is 0.00745. The average Bonchev–Trinajstić information content (AvgIpc) is 3.22. The van der Waals surface area contributed by atoms with Gasteiger partial charge in [0.15, 0.2) is 5.75 Å². The predicted octanol–water partition coefficient (Wildman–Crippen LogP) is 5.10. The van der Waals surface area contributed by atoms with E-state index in [9.17, 15) is 40.7 Å². The maximum atomic E-state index is 13.6. The van der Waals surface area contributed by atoms with Crippen molar-refractivity contribution in [2.45, 2.75) is 32.6 Å². The van der Waals surface area contributed by atoms with Crippen LogP contribution in [0.25, 0.3) is 27.0 Å². The zero-order valence-corrected chi connectivity index (χ0v) is 21.0. The second kappa shape index (κ2) is 9.87. The summed E-state index contributed by atoms with van der Waals surface area (Å²) in [7, 11) is 0.860. The number of carbonyl (C=O) groups excluding carboxylic acids is 1. The molecular formula is C24H17F6N3O5S. The van der Waals surface area contributed by atoms with Crippen LogP contribution in [-0.2, 0) is 29.3 Å². The highest BCUT2D eigenvalue weighted by Gasteiger charge is 2.35. The van der Waals surface area contributed by atoms with Crippen LogP contribution in [0.15, 0.2) is 46.0 Å². The summed E-state index contributed by atoms with van der Waals surface area (Å²) >= 11 is 0.913. The van der Waals surface area contributed by atoms with Crippen LogP contribution in [0.5, 0.6) is 5.75 Å². The van der Waals surface area contributed by atoms with E-state index in [1.54, 1.807) is 0 Å². The van der Waals surface area contributed by atoms with Crippen LogP contribution in [0.4, 0.5) is 26.3 Å². The van der Waals surface area contributed by atoms with Gasteiger partial charge in [0.2, 0.25) is 0 Å². The van der Waals surface area contributed by atoms with E-state index in [1.807, 2.05) is 0 Å². The van der Waals surface area contributed by atoms with Crippen molar-refractivity contribution < 1.29 is 40.9 Å².